The predicted octanol–water partition coefficient (Wildman–Crippen LogP) is 3.54. The molecule has 1 atom stereocenters. The van der Waals surface area contributed by atoms with E-state index < -0.39 is 23.4 Å². The third-order valence-electron chi connectivity index (χ3n) is 4.69. The molecule has 0 bridgehead atoms. The van der Waals surface area contributed by atoms with Gasteiger partial charge >= 0.3 is 0 Å². The summed E-state index contributed by atoms with van der Waals surface area (Å²) in [7, 11) is 0. The summed E-state index contributed by atoms with van der Waals surface area (Å²) in [6, 6.07) is 9.13. The number of amidine groups is 1. The normalized spacial score (nSPS) is 19.6. The number of nitrogens with zero attached hydrogens (tertiary/aromatic N) is 1. The molecule has 0 fully saturated rings. The third-order valence-corrected chi connectivity index (χ3v) is 4.69. The van der Waals surface area contributed by atoms with Gasteiger partial charge in [0, 0.05) is 28.6 Å². The van der Waals surface area contributed by atoms with Crippen LogP contribution in [0.4, 0.5) is 14.5 Å². The summed E-state index contributed by atoms with van der Waals surface area (Å²) in [5, 5.41) is 19.5. The van der Waals surface area contributed by atoms with E-state index in [1.165, 1.54) is 0 Å². The van der Waals surface area contributed by atoms with Crippen molar-refractivity contribution in [2.24, 2.45) is 10.9 Å². The molecule has 0 radical (unpaired) electrons. The van der Waals surface area contributed by atoms with E-state index in [4.69, 9.17) is 5.84 Å². The SMILES string of the molecule is C=CC1=C2C(=CN/C2=N/N)C(c2cc(F)c(O)c(F)c2)Nc2ccccc21. The number of allylic oxidation sites excluding steroid dienone is 2. The lowest BCUT2D eigenvalue weighted by Crippen LogP contribution is -2.17. The molecule has 27 heavy (non-hydrogen) atoms. The van der Waals surface area contributed by atoms with Crippen LogP contribution in [0.1, 0.15) is 17.2 Å². The van der Waals surface area contributed by atoms with Gasteiger partial charge in [-0.1, -0.05) is 30.9 Å². The lowest BCUT2D eigenvalue weighted by atomic mass is 9.91. The minimum absolute atomic E-state index is 0.312. The minimum Gasteiger partial charge on any atom is -0.503 e. The molecule has 0 amide bonds. The average Bonchev–Trinajstić information content (AvgIpc) is 3.03. The summed E-state index contributed by atoms with van der Waals surface area (Å²) in [6.07, 6.45) is 3.39. The van der Waals surface area contributed by atoms with Crippen molar-refractivity contribution in [3.8, 4) is 5.75 Å². The van der Waals surface area contributed by atoms with Crippen LogP contribution in [0.3, 0.4) is 0 Å². The molecule has 2 aliphatic heterocycles. The molecule has 5 N–H and O–H groups in total. The highest BCUT2D eigenvalue weighted by Gasteiger charge is 2.33. The van der Waals surface area contributed by atoms with E-state index in [1.54, 1.807) is 12.3 Å². The fourth-order valence-corrected chi connectivity index (χ4v) is 3.48. The number of aromatic hydroxyl groups is 1. The first kappa shape index (κ1) is 16.8. The van der Waals surface area contributed by atoms with Gasteiger partial charge in [0.15, 0.2) is 23.2 Å². The number of para-hydroxylation sites is 1. The van der Waals surface area contributed by atoms with Crippen molar-refractivity contribution >= 4 is 17.1 Å². The van der Waals surface area contributed by atoms with E-state index in [9.17, 15) is 13.9 Å². The van der Waals surface area contributed by atoms with Crippen LogP contribution in [0, 0.1) is 11.6 Å². The molecule has 0 aromatic heterocycles. The number of hydrazone groups is 1. The Labute approximate surface area is 154 Å². The maximum Gasteiger partial charge on any atom is 0.187 e. The van der Waals surface area contributed by atoms with Gasteiger partial charge in [-0.15, -0.1) is 0 Å². The number of hydrogen-bond acceptors (Lipinski definition) is 4. The van der Waals surface area contributed by atoms with Gasteiger partial charge in [0.2, 0.25) is 0 Å². The van der Waals surface area contributed by atoms with E-state index in [1.807, 2.05) is 24.3 Å². The van der Waals surface area contributed by atoms with Crippen molar-refractivity contribution in [2.75, 3.05) is 5.32 Å². The van der Waals surface area contributed by atoms with Crippen molar-refractivity contribution in [1.82, 2.24) is 5.32 Å². The summed E-state index contributed by atoms with van der Waals surface area (Å²) >= 11 is 0. The Hall–Kier alpha value is -3.61. The topological polar surface area (TPSA) is 82.7 Å². The molecule has 0 spiro atoms. The molecule has 5 nitrogen and oxygen atoms in total. The first-order valence-corrected chi connectivity index (χ1v) is 8.21. The first-order valence-electron chi connectivity index (χ1n) is 8.21. The smallest absolute Gasteiger partial charge is 0.187 e. The number of benzene rings is 2. The quantitative estimate of drug-likeness (QED) is 0.484. The Kier molecular flexibility index (Phi) is 3.92. The molecule has 2 aromatic rings. The molecule has 0 aliphatic carbocycles. The Morgan fingerprint density at radius 2 is 1.89 bits per heavy atom. The second-order valence-corrected chi connectivity index (χ2v) is 6.17. The maximum atomic E-state index is 14.0. The van der Waals surface area contributed by atoms with Gasteiger partial charge in [-0.25, -0.2) is 8.78 Å². The number of nitrogens with two attached hydrogens (primary N) is 1. The Balaban J connectivity index is 1.99. The maximum absolute atomic E-state index is 14.0. The van der Waals surface area contributed by atoms with Gasteiger partial charge < -0.3 is 21.6 Å². The van der Waals surface area contributed by atoms with Crippen LogP contribution in [0.2, 0.25) is 0 Å². The number of rotatable bonds is 2. The molecule has 0 saturated heterocycles. The fourth-order valence-electron chi connectivity index (χ4n) is 3.48. The van der Waals surface area contributed by atoms with Crippen molar-refractivity contribution in [1.29, 1.82) is 0 Å². The zero-order valence-corrected chi connectivity index (χ0v) is 14.1. The highest BCUT2D eigenvalue weighted by Crippen LogP contribution is 2.43. The lowest BCUT2D eigenvalue weighted by molar-refractivity contribution is 0.395. The largest absolute Gasteiger partial charge is 0.503 e. The fraction of sp³-hybridized carbons (Fsp3) is 0.0500. The van der Waals surface area contributed by atoms with E-state index in [0.717, 1.165) is 29.0 Å². The molecule has 4 rings (SSSR count). The van der Waals surface area contributed by atoms with Crippen LogP contribution >= 0.6 is 0 Å². The summed E-state index contributed by atoms with van der Waals surface area (Å²) in [5.41, 5.74) is 4.14. The molecule has 2 aliphatic rings. The summed E-state index contributed by atoms with van der Waals surface area (Å²) < 4.78 is 28.0. The highest BCUT2D eigenvalue weighted by molar-refractivity contribution is 6.14. The van der Waals surface area contributed by atoms with Crippen LogP contribution in [0.25, 0.3) is 5.57 Å². The molecule has 2 aromatic carbocycles. The van der Waals surface area contributed by atoms with Crippen LogP contribution in [-0.4, -0.2) is 10.9 Å². The van der Waals surface area contributed by atoms with Crippen LogP contribution in [0.5, 0.6) is 5.75 Å². The van der Waals surface area contributed by atoms with Crippen molar-refractivity contribution < 1.29 is 13.9 Å². The minimum atomic E-state index is -1.03. The first-order chi connectivity index (χ1) is 13.0. The summed E-state index contributed by atoms with van der Waals surface area (Å²) in [4.78, 5) is 0. The van der Waals surface area contributed by atoms with Gasteiger partial charge in [-0.2, -0.15) is 5.10 Å². The monoisotopic (exact) mass is 366 g/mol. The van der Waals surface area contributed by atoms with Crippen LogP contribution < -0.4 is 16.5 Å². The number of nitrogens with one attached hydrogen (secondary N) is 2. The van der Waals surface area contributed by atoms with Crippen molar-refractivity contribution in [3.63, 3.8) is 0 Å². The van der Waals surface area contributed by atoms with E-state index in [-0.39, 0.29) is 0 Å². The summed E-state index contributed by atoms with van der Waals surface area (Å²) in [5.74, 6) is 2.90. The van der Waals surface area contributed by atoms with Gasteiger partial charge in [-0.05, 0) is 29.3 Å². The molecular formula is C20H16F2N4O. The van der Waals surface area contributed by atoms with Gasteiger partial charge in [0.05, 0.1) is 6.04 Å². The Bertz CT molecular complexity index is 1030. The molecular weight excluding hydrogens is 350 g/mol. The van der Waals surface area contributed by atoms with Crippen LogP contribution in [-0.2, 0) is 0 Å². The summed E-state index contributed by atoms with van der Waals surface area (Å²) in [6.45, 7) is 3.90. The molecule has 7 heteroatoms. The van der Waals surface area contributed by atoms with Gasteiger partial charge in [-0.3, -0.25) is 0 Å². The van der Waals surface area contributed by atoms with E-state index in [2.05, 4.69) is 22.3 Å². The molecule has 2 heterocycles. The Morgan fingerprint density at radius 3 is 2.56 bits per heavy atom. The Morgan fingerprint density at radius 1 is 1.19 bits per heavy atom. The zero-order valence-electron chi connectivity index (χ0n) is 14.1. The van der Waals surface area contributed by atoms with Crippen LogP contribution in [0.15, 0.2) is 71.5 Å². The van der Waals surface area contributed by atoms with Crippen molar-refractivity contribution in [3.05, 3.63) is 89.2 Å². The van der Waals surface area contributed by atoms with Gasteiger partial charge in [0.1, 0.15) is 0 Å². The number of halogens is 2. The number of hydrogen-bond donors (Lipinski definition) is 4. The third kappa shape index (κ3) is 2.55. The molecule has 1 unspecified atom stereocenters. The lowest BCUT2D eigenvalue weighted by Gasteiger charge is -2.21. The van der Waals surface area contributed by atoms with Crippen molar-refractivity contribution in [2.45, 2.75) is 6.04 Å². The van der Waals surface area contributed by atoms with E-state index >= 15 is 0 Å². The second-order valence-electron chi connectivity index (χ2n) is 6.17. The van der Waals surface area contributed by atoms with Gasteiger partial charge in [0.25, 0.3) is 0 Å². The average molecular weight is 366 g/mol. The number of phenolic OH excluding ortho intramolecular Hbond substituents is 1. The molecule has 0 saturated carbocycles. The number of anilines is 1. The zero-order chi connectivity index (χ0) is 19.1. The molecule has 136 valence electrons. The number of phenols is 1. The second kappa shape index (κ2) is 6.28. The van der Waals surface area contributed by atoms with E-state index in [0.29, 0.717) is 22.5 Å². The highest BCUT2D eigenvalue weighted by atomic mass is 19.1. The predicted molar refractivity (Wildman–Crippen MR) is 101 cm³/mol. The standard InChI is InChI=1S/C20H16F2N4O/c1-2-11-12-5-3-4-6-16(12)25-18(13-9-24-20(26-23)17(11)13)10-7-14(21)19(27)15(22)8-10/h2-9,18,25,27H,1,23H2,(H,24,26). The number of fused-ring (bicyclic) bond motifs is 2.